The first-order chi connectivity index (χ1) is 14.1. The first-order valence-corrected chi connectivity index (χ1v) is 8.63. The molecule has 10 heteroatoms. The number of carboxylic acids is 1. The molecule has 1 heterocycles. The van der Waals surface area contributed by atoms with Crippen LogP contribution in [0.1, 0.15) is 10.4 Å². The fourth-order valence-corrected chi connectivity index (χ4v) is 2.27. The second kappa shape index (κ2) is 9.75. The van der Waals surface area contributed by atoms with E-state index in [9.17, 15) is 18.0 Å². The van der Waals surface area contributed by atoms with E-state index in [0.29, 0.717) is 22.1 Å². The third kappa shape index (κ3) is 6.78. The van der Waals surface area contributed by atoms with Crippen LogP contribution >= 0.6 is 11.6 Å². The van der Waals surface area contributed by atoms with Crippen LogP contribution in [0.15, 0.2) is 66.9 Å². The Morgan fingerprint density at radius 2 is 1.53 bits per heavy atom. The van der Waals surface area contributed by atoms with Crippen molar-refractivity contribution in [2.75, 3.05) is 11.1 Å². The number of amides is 1. The number of aliphatic carboxylic acids is 1. The highest BCUT2D eigenvalue weighted by atomic mass is 35.5. The van der Waals surface area contributed by atoms with Crippen LogP contribution in [0.2, 0.25) is 5.02 Å². The number of benzene rings is 2. The summed E-state index contributed by atoms with van der Waals surface area (Å²) in [5.74, 6) is -2.50. The second-order valence-corrected chi connectivity index (χ2v) is 6.25. The number of nitrogens with one attached hydrogen (secondary N) is 1. The molecule has 0 aliphatic rings. The van der Waals surface area contributed by atoms with E-state index in [1.165, 1.54) is 0 Å². The van der Waals surface area contributed by atoms with E-state index in [4.69, 9.17) is 27.2 Å². The van der Waals surface area contributed by atoms with E-state index in [1.54, 1.807) is 30.5 Å². The number of nitrogen functional groups attached to an aromatic ring is 1. The van der Waals surface area contributed by atoms with Gasteiger partial charge in [0.1, 0.15) is 5.82 Å². The predicted octanol–water partition coefficient (Wildman–Crippen LogP) is 4.87. The van der Waals surface area contributed by atoms with Gasteiger partial charge in [-0.2, -0.15) is 13.2 Å². The molecule has 1 amide bonds. The van der Waals surface area contributed by atoms with Crippen molar-refractivity contribution in [2.24, 2.45) is 0 Å². The summed E-state index contributed by atoms with van der Waals surface area (Å²) in [7, 11) is 0. The second-order valence-electron chi connectivity index (χ2n) is 5.82. The van der Waals surface area contributed by atoms with Gasteiger partial charge in [-0.3, -0.25) is 4.79 Å². The number of aromatic nitrogens is 1. The molecule has 0 unspecified atom stereocenters. The molecule has 1 aromatic heterocycles. The van der Waals surface area contributed by atoms with Gasteiger partial charge >= 0.3 is 12.1 Å². The van der Waals surface area contributed by atoms with Gasteiger partial charge in [-0.15, -0.1) is 0 Å². The normalized spacial score (nSPS) is 10.5. The third-order valence-corrected chi connectivity index (χ3v) is 3.85. The van der Waals surface area contributed by atoms with Crippen molar-refractivity contribution in [3.63, 3.8) is 0 Å². The number of alkyl halides is 3. The van der Waals surface area contributed by atoms with Crippen LogP contribution in [0.5, 0.6) is 0 Å². The van der Waals surface area contributed by atoms with Gasteiger partial charge in [-0.1, -0.05) is 23.7 Å². The molecule has 0 saturated carbocycles. The number of rotatable bonds is 3. The molecule has 3 aromatic rings. The highest BCUT2D eigenvalue weighted by Crippen LogP contribution is 2.23. The van der Waals surface area contributed by atoms with Gasteiger partial charge in [0.05, 0.1) is 0 Å². The molecular formula is C20H15ClF3N3O3. The lowest BCUT2D eigenvalue weighted by atomic mass is 10.1. The Kier molecular flexibility index (Phi) is 7.38. The summed E-state index contributed by atoms with van der Waals surface area (Å²) in [6, 6.07) is 17.9. The zero-order chi connectivity index (χ0) is 22.3. The maximum Gasteiger partial charge on any atom is 0.490 e. The Balaban J connectivity index is 0.000000396. The summed E-state index contributed by atoms with van der Waals surface area (Å²) in [4.78, 5) is 25.3. The number of hydrogen-bond donors (Lipinski definition) is 3. The minimum Gasteiger partial charge on any atom is -0.475 e. The summed E-state index contributed by atoms with van der Waals surface area (Å²) in [5, 5.41) is 10.6. The molecule has 156 valence electrons. The Hall–Kier alpha value is -3.59. The monoisotopic (exact) mass is 437 g/mol. The number of carboxylic acid groups (broad SMARTS) is 1. The molecule has 4 N–H and O–H groups in total. The minimum absolute atomic E-state index is 0.231. The van der Waals surface area contributed by atoms with Crippen molar-refractivity contribution < 1.29 is 27.9 Å². The Morgan fingerprint density at radius 1 is 0.967 bits per heavy atom. The minimum atomic E-state index is -5.08. The lowest BCUT2D eigenvalue weighted by Gasteiger charge is -2.07. The van der Waals surface area contributed by atoms with Crippen LogP contribution < -0.4 is 11.1 Å². The topological polar surface area (TPSA) is 105 Å². The molecule has 3 rings (SSSR count). The van der Waals surface area contributed by atoms with Crippen molar-refractivity contribution in [3.05, 3.63) is 77.4 Å². The Morgan fingerprint density at radius 3 is 2.07 bits per heavy atom. The summed E-state index contributed by atoms with van der Waals surface area (Å²) < 4.78 is 31.7. The van der Waals surface area contributed by atoms with Gasteiger partial charge in [-0.05, 0) is 59.7 Å². The molecule has 0 atom stereocenters. The SMILES string of the molecule is Nc1ccc(C(=O)Nc2cc(-c3ccc(Cl)cc3)ccn2)cc1.O=C(O)C(F)(F)F. The smallest absolute Gasteiger partial charge is 0.475 e. The van der Waals surface area contributed by atoms with E-state index in [0.717, 1.165) is 11.1 Å². The number of pyridine rings is 1. The molecule has 0 aliphatic carbocycles. The first kappa shape index (κ1) is 22.7. The first-order valence-electron chi connectivity index (χ1n) is 8.25. The van der Waals surface area contributed by atoms with E-state index in [-0.39, 0.29) is 5.91 Å². The van der Waals surface area contributed by atoms with Gasteiger partial charge in [0, 0.05) is 22.5 Å². The predicted molar refractivity (Wildman–Crippen MR) is 107 cm³/mol. The average molecular weight is 438 g/mol. The number of anilines is 2. The summed E-state index contributed by atoms with van der Waals surface area (Å²) in [6.07, 6.45) is -3.43. The zero-order valence-electron chi connectivity index (χ0n) is 15.2. The molecule has 0 saturated heterocycles. The summed E-state index contributed by atoms with van der Waals surface area (Å²) >= 11 is 5.90. The number of carbonyl (C=O) groups is 2. The molecule has 0 bridgehead atoms. The van der Waals surface area contributed by atoms with E-state index < -0.39 is 12.1 Å². The standard InChI is InChI=1S/C18H14ClN3O.C2HF3O2/c19-15-5-1-12(2-6-15)14-9-10-21-17(11-14)22-18(23)13-3-7-16(20)8-4-13;3-2(4,5)1(6)7/h1-11H,20H2,(H,21,22,23);(H,6,7). The molecule has 0 spiro atoms. The van der Waals surface area contributed by atoms with E-state index in [1.807, 2.05) is 36.4 Å². The van der Waals surface area contributed by atoms with E-state index >= 15 is 0 Å². The lowest BCUT2D eigenvalue weighted by Crippen LogP contribution is -2.21. The largest absolute Gasteiger partial charge is 0.490 e. The van der Waals surface area contributed by atoms with Crippen molar-refractivity contribution in [1.82, 2.24) is 4.98 Å². The van der Waals surface area contributed by atoms with Crippen LogP contribution in [-0.4, -0.2) is 28.1 Å². The highest BCUT2D eigenvalue weighted by Gasteiger charge is 2.38. The van der Waals surface area contributed by atoms with Gasteiger partial charge in [0.15, 0.2) is 0 Å². The summed E-state index contributed by atoms with van der Waals surface area (Å²) in [6.45, 7) is 0. The molecule has 0 radical (unpaired) electrons. The lowest BCUT2D eigenvalue weighted by molar-refractivity contribution is -0.192. The van der Waals surface area contributed by atoms with Crippen molar-refractivity contribution in [1.29, 1.82) is 0 Å². The van der Waals surface area contributed by atoms with Crippen molar-refractivity contribution in [2.45, 2.75) is 6.18 Å². The number of halogens is 4. The quantitative estimate of drug-likeness (QED) is 0.507. The van der Waals surface area contributed by atoms with Crippen LogP contribution in [0.3, 0.4) is 0 Å². The van der Waals surface area contributed by atoms with Gasteiger partial charge in [0.25, 0.3) is 5.91 Å². The van der Waals surface area contributed by atoms with Crippen molar-refractivity contribution >= 4 is 35.0 Å². The van der Waals surface area contributed by atoms with Crippen LogP contribution in [0, 0.1) is 0 Å². The fraction of sp³-hybridized carbons (Fsp3) is 0.0500. The van der Waals surface area contributed by atoms with E-state index in [2.05, 4.69) is 10.3 Å². The number of nitrogens with zero attached hydrogens (tertiary/aromatic N) is 1. The number of nitrogens with two attached hydrogens (primary N) is 1. The van der Waals surface area contributed by atoms with Crippen molar-refractivity contribution in [3.8, 4) is 11.1 Å². The van der Waals surface area contributed by atoms with Gasteiger partial charge in [0.2, 0.25) is 0 Å². The number of carbonyl (C=O) groups excluding carboxylic acids is 1. The van der Waals surface area contributed by atoms with Crippen LogP contribution in [0.4, 0.5) is 24.7 Å². The van der Waals surface area contributed by atoms with Crippen LogP contribution in [0.25, 0.3) is 11.1 Å². The summed E-state index contributed by atoms with van der Waals surface area (Å²) in [5.41, 5.74) is 8.71. The maximum absolute atomic E-state index is 12.2. The van der Waals surface area contributed by atoms with Crippen LogP contribution in [-0.2, 0) is 4.79 Å². The molecule has 30 heavy (non-hydrogen) atoms. The molecule has 0 aliphatic heterocycles. The molecular weight excluding hydrogens is 423 g/mol. The van der Waals surface area contributed by atoms with Gasteiger partial charge in [-0.25, -0.2) is 9.78 Å². The highest BCUT2D eigenvalue weighted by molar-refractivity contribution is 6.30. The maximum atomic E-state index is 12.2. The molecule has 0 fully saturated rings. The molecule has 2 aromatic carbocycles. The fourth-order valence-electron chi connectivity index (χ4n) is 2.14. The average Bonchev–Trinajstić information content (AvgIpc) is 2.69. The molecule has 6 nitrogen and oxygen atoms in total. The zero-order valence-corrected chi connectivity index (χ0v) is 15.9. The Bertz CT molecular complexity index is 1020. The van der Waals surface area contributed by atoms with Gasteiger partial charge < -0.3 is 16.2 Å². The Labute approximate surface area is 174 Å². The third-order valence-electron chi connectivity index (χ3n) is 3.59. The number of hydrogen-bond acceptors (Lipinski definition) is 4.